The molecule has 1 saturated carbocycles. The predicted molar refractivity (Wildman–Crippen MR) is 242 cm³/mol. The van der Waals surface area contributed by atoms with Crippen LogP contribution < -0.4 is 16.8 Å². The minimum absolute atomic E-state index is 0.0577. The number of hydrogen-bond acceptors (Lipinski definition) is 19. The summed E-state index contributed by atoms with van der Waals surface area (Å²) >= 11 is 0. The van der Waals surface area contributed by atoms with Crippen LogP contribution in [-0.2, 0) is 73.5 Å². The van der Waals surface area contributed by atoms with Crippen LogP contribution in [0.5, 0.6) is 0 Å². The molecule has 2 aliphatic heterocycles. The molecule has 2 heterocycles. The molecule has 2 saturated heterocycles. The Morgan fingerprint density at radius 2 is 1.60 bits per heavy atom. The zero-order valence-electron chi connectivity index (χ0n) is 40.5. The third-order valence-electron chi connectivity index (χ3n) is 13.7. The second-order valence-corrected chi connectivity index (χ2v) is 19.9. The van der Waals surface area contributed by atoms with Gasteiger partial charge in [0.05, 0.1) is 43.8 Å². The molecule has 21 nitrogen and oxygen atoms in total. The van der Waals surface area contributed by atoms with Gasteiger partial charge in [-0.1, -0.05) is 74.5 Å². The van der Waals surface area contributed by atoms with Gasteiger partial charge in [-0.25, -0.2) is 24.2 Å². The number of amides is 2. The van der Waals surface area contributed by atoms with Gasteiger partial charge >= 0.3 is 30.0 Å². The molecule has 384 valence electrons. The number of aliphatic hydroxyl groups is 3. The lowest BCUT2D eigenvalue weighted by Gasteiger charge is -2.65. The summed E-state index contributed by atoms with van der Waals surface area (Å²) in [6.07, 6.45) is -11.3. The van der Waals surface area contributed by atoms with E-state index in [9.17, 15) is 39.3 Å². The second kappa shape index (κ2) is 21.1. The van der Waals surface area contributed by atoms with E-state index >= 15 is 4.79 Å². The standard InChI is InChI=1S/C49H65N3O18/c1-26-32(66-43(59)39(67-36(57)24-62-35(56)19-30(50)42(51)58)38(29-17-13-10-14-18-29)52-44(60)69-45(3,4)5)21-49(61)41(70-65-22-28-15-11-9-12-16-28)40-47(8,64-23-31(54)37(26)46(49,6)7)33(55)20-34-48(40,25-63-34)68-27(2)53/h9-18,30-34,38-41,54-55,61H,19-25,50H2,1-8H3,(H2,51,58)(H,52,60)/t30-,31-,32-,33-,34+,38-,39+,40-,41-,47+,48-,49+/m0/s1. The highest BCUT2D eigenvalue weighted by atomic mass is 17.2. The van der Waals surface area contributed by atoms with Crippen LogP contribution in [0, 0.1) is 11.3 Å². The van der Waals surface area contributed by atoms with E-state index < -0.39 is 144 Å². The average Bonchev–Trinajstić information content (AvgIpc) is 3.28. The Bertz CT molecular complexity index is 2290. The third-order valence-corrected chi connectivity index (χ3v) is 13.7. The summed E-state index contributed by atoms with van der Waals surface area (Å²) in [5, 5.41) is 40.5. The van der Waals surface area contributed by atoms with Crippen molar-refractivity contribution in [1.29, 1.82) is 0 Å². The van der Waals surface area contributed by atoms with Crippen LogP contribution in [0.25, 0.3) is 0 Å². The third kappa shape index (κ3) is 11.2. The molecule has 0 unspecified atom stereocenters. The Balaban J connectivity index is 1.45. The van der Waals surface area contributed by atoms with Crippen LogP contribution in [0.1, 0.15) is 91.8 Å². The van der Waals surface area contributed by atoms with Crippen molar-refractivity contribution in [2.24, 2.45) is 22.8 Å². The minimum Gasteiger partial charge on any atom is -0.455 e. The molecule has 21 heteroatoms. The van der Waals surface area contributed by atoms with Crippen molar-refractivity contribution in [3.05, 3.63) is 82.9 Å². The fourth-order valence-electron chi connectivity index (χ4n) is 10.1. The number of nitrogens with one attached hydrogen (secondary N) is 1. The minimum atomic E-state index is -2.30. The van der Waals surface area contributed by atoms with E-state index in [0.717, 1.165) is 0 Å². The molecule has 2 bridgehead atoms. The predicted octanol–water partition coefficient (Wildman–Crippen LogP) is 2.05. The fourth-order valence-corrected chi connectivity index (χ4v) is 10.1. The zero-order chi connectivity index (χ0) is 51.6. The maximum Gasteiger partial charge on any atom is 0.408 e. The van der Waals surface area contributed by atoms with Crippen LogP contribution in [0.3, 0.4) is 0 Å². The monoisotopic (exact) mass is 983 g/mol. The Morgan fingerprint density at radius 1 is 0.957 bits per heavy atom. The SMILES string of the molecule is CC(=O)O[C@@]12CO[C@@H]1C[C@H](O)[C@@]1(C)OC[C@H](O)C3=C(C)[C@@H](OC(=O)[C@H](OC(=O)COC(=O)C[C@H](N)C(N)=O)[C@@H](NC(=O)OC(C)(C)C)c4ccccc4)C[C@@](O)([C@@H](OOCc4ccccc4)[C@@H]12)C3(C)C. The molecule has 4 aliphatic rings. The lowest BCUT2D eigenvalue weighted by Crippen LogP contribution is -2.81. The van der Waals surface area contributed by atoms with Crippen molar-refractivity contribution in [2.45, 2.75) is 152 Å². The first kappa shape index (κ1) is 53.8. The molecule has 0 aromatic heterocycles. The van der Waals surface area contributed by atoms with Gasteiger partial charge in [-0.2, -0.15) is 0 Å². The first-order chi connectivity index (χ1) is 32.7. The Morgan fingerprint density at radius 3 is 2.19 bits per heavy atom. The molecular weight excluding hydrogens is 919 g/mol. The van der Waals surface area contributed by atoms with E-state index in [-0.39, 0.29) is 36.3 Å². The maximum absolute atomic E-state index is 15.0. The van der Waals surface area contributed by atoms with Crippen LogP contribution >= 0.6 is 0 Å². The second-order valence-electron chi connectivity index (χ2n) is 19.9. The topological polar surface area (TPSA) is 310 Å². The van der Waals surface area contributed by atoms with Crippen LogP contribution in [0.2, 0.25) is 0 Å². The normalized spacial score (nSPS) is 30.4. The highest BCUT2D eigenvalue weighted by Crippen LogP contribution is 2.61. The number of nitrogens with two attached hydrogens (primary N) is 2. The van der Waals surface area contributed by atoms with E-state index in [0.29, 0.717) is 5.56 Å². The summed E-state index contributed by atoms with van der Waals surface area (Å²) < 4.78 is 41.1. The van der Waals surface area contributed by atoms with Crippen molar-refractivity contribution in [2.75, 3.05) is 19.8 Å². The number of primary amides is 1. The summed E-state index contributed by atoms with van der Waals surface area (Å²) in [7, 11) is 0. The van der Waals surface area contributed by atoms with Gasteiger partial charge in [0.25, 0.3) is 0 Å². The van der Waals surface area contributed by atoms with Crippen molar-refractivity contribution >= 4 is 35.9 Å². The largest absolute Gasteiger partial charge is 0.455 e. The number of benzene rings is 2. The van der Waals surface area contributed by atoms with E-state index in [4.69, 9.17) is 54.4 Å². The molecule has 2 aromatic carbocycles. The van der Waals surface area contributed by atoms with Crippen LogP contribution in [-0.4, -0.2) is 136 Å². The van der Waals surface area contributed by atoms with Gasteiger partial charge in [0.2, 0.25) is 12.0 Å². The smallest absolute Gasteiger partial charge is 0.408 e. The summed E-state index contributed by atoms with van der Waals surface area (Å²) in [5.41, 5.74) is 3.88. The van der Waals surface area contributed by atoms with E-state index in [1.54, 1.807) is 90.9 Å². The number of fused-ring (bicyclic) bond motifs is 5. The molecule has 3 fully saturated rings. The molecule has 6 rings (SSSR count). The molecular formula is C49H65N3O18. The molecule has 2 aliphatic carbocycles. The number of hydrogen-bond donors (Lipinski definition) is 6. The van der Waals surface area contributed by atoms with Crippen molar-refractivity contribution in [3.8, 4) is 0 Å². The lowest BCUT2D eigenvalue weighted by atomic mass is 9.51. The summed E-state index contributed by atoms with van der Waals surface area (Å²) in [6.45, 7) is 10.6. The summed E-state index contributed by atoms with van der Waals surface area (Å²) in [6, 6.07) is 13.9. The van der Waals surface area contributed by atoms with Crippen molar-refractivity contribution in [3.63, 3.8) is 0 Å². The van der Waals surface area contributed by atoms with Gasteiger partial charge in [-0.15, -0.1) is 0 Å². The molecule has 70 heavy (non-hydrogen) atoms. The number of rotatable bonds is 16. The first-order valence-electron chi connectivity index (χ1n) is 23.0. The molecule has 2 aromatic rings. The molecule has 12 atom stereocenters. The first-order valence-corrected chi connectivity index (χ1v) is 23.0. The number of carbonyl (C=O) groups is 6. The van der Waals surface area contributed by atoms with Crippen molar-refractivity contribution in [1.82, 2.24) is 5.32 Å². The van der Waals surface area contributed by atoms with E-state index in [1.165, 1.54) is 19.1 Å². The zero-order valence-corrected chi connectivity index (χ0v) is 40.5. The van der Waals surface area contributed by atoms with Crippen LogP contribution in [0.15, 0.2) is 71.8 Å². The summed E-state index contributed by atoms with van der Waals surface area (Å²) in [5.74, 6) is -6.68. The number of alkyl carbamates (subject to hydrolysis) is 1. The fraction of sp³-hybridized carbons (Fsp3) is 0.592. The Labute approximate surface area is 405 Å². The van der Waals surface area contributed by atoms with Gasteiger partial charge in [0, 0.05) is 25.2 Å². The Hall–Kier alpha value is -5.52. The number of esters is 4. The molecule has 0 radical (unpaired) electrons. The van der Waals surface area contributed by atoms with Gasteiger partial charge in [0.15, 0.2) is 12.2 Å². The number of aliphatic hydroxyl groups excluding tert-OH is 2. The summed E-state index contributed by atoms with van der Waals surface area (Å²) in [4.78, 5) is 91.4. The lowest BCUT2D eigenvalue weighted by molar-refractivity contribution is -0.426. The molecule has 0 spiro atoms. The van der Waals surface area contributed by atoms with Gasteiger partial charge in [-0.05, 0) is 56.9 Å². The van der Waals surface area contributed by atoms with E-state index in [1.807, 2.05) is 6.07 Å². The molecule has 2 amide bonds. The van der Waals surface area contributed by atoms with E-state index in [2.05, 4.69) is 5.32 Å². The van der Waals surface area contributed by atoms with Gasteiger partial charge in [0.1, 0.15) is 47.8 Å². The molecule has 8 N–H and O–H groups in total. The van der Waals surface area contributed by atoms with Crippen LogP contribution in [0.4, 0.5) is 4.79 Å². The highest BCUT2D eigenvalue weighted by molar-refractivity contribution is 5.86. The number of ether oxygens (including phenoxy) is 7. The highest BCUT2D eigenvalue weighted by Gasteiger charge is 2.75. The van der Waals surface area contributed by atoms with Crippen molar-refractivity contribution < 1.29 is 87.0 Å². The maximum atomic E-state index is 15.0. The van der Waals surface area contributed by atoms with Gasteiger partial charge < -0.3 is 65.3 Å². The average molecular weight is 984 g/mol. The number of carbonyl (C=O) groups excluding carboxylic acids is 6. The quantitative estimate of drug-likeness (QED) is 0.0461. The Kier molecular flexibility index (Phi) is 16.2. The van der Waals surface area contributed by atoms with Gasteiger partial charge in [-0.3, -0.25) is 14.4 Å².